The molecular weight excluding hydrogens is 268 g/mol. The molecule has 1 unspecified atom stereocenters. The Bertz CT molecular complexity index is 674. The summed E-state index contributed by atoms with van der Waals surface area (Å²) in [5, 5.41) is 16.0. The zero-order chi connectivity index (χ0) is 14.8. The molecule has 2 heterocycles. The van der Waals surface area contributed by atoms with Crippen LogP contribution in [0.3, 0.4) is 0 Å². The Morgan fingerprint density at radius 3 is 3.00 bits per heavy atom. The number of nitro groups is 1. The van der Waals surface area contributed by atoms with Crippen LogP contribution in [0.5, 0.6) is 0 Å². The maximum atomic E-state index is 11.2. The Morgan fingerprint density at radius 2 is 2.24 bits per heavy atom. The molecule has 1 fully saturated rings. The maximum Gasteiger partial charge on any atom is 0.278 e. The number of non-ortho nitro benzene ring substituents is 1. The first-order valence-electron chi connectivity index (χ1n) is 7.14. The van der Waals surface area contributed by atoms with Gasteiger partial charge in [0, 0.05) is 48.7 Å². The van der Waals surface area contributed by atoms with E-state index in [0.29, 0.717) is 11.4 Å². The van der Waals surface area contributed by atoms with Gasteiger partial charge in [-0.25, -0.2) is 0 Å². The summed E-state index contributed by atoms with van der Waals surface area (Å²) in [5.41, 5.74) is 1.17. The number of aromatic nitrogens is 1. The molecule has 0 radical (unpaired) electrons. The standard InChI is InChI=1S/C15H18N4O2/c1-16-11-3-2-8-18(10-11)14-4-5-15(19(20)21)13-9-17-7-6-12(13)14/h4-7,9,11,16H,2-3,8,10H2,1H3. The number of anilines is 1. The lowest BCUT2D eigenvalue weighted by Crippen LogP contribution is -2.44. The molecule has 6 heteroatoms. The van der Waals surface area contributed by atoms with Gasteiger partial charge in [0.05, 0.1) is 10.3 Å². The van der Waals surface area contributed by atoms with E-state index in [0.717, 1.165) is 30.6 Å². The highest BCUT2D eigenvalue weighted by Crippen LogP contribution is 2.34. The van der Waals surface area contributed by atoms with Crippen molar-refractivity contribution >= 4 is 22.1 Å². The van der Waals surface area contributed by atoms with Crippen molar-refractivity contribution < 1.29 is 4.92 Å². The minimum absolute atomic E-state index is 0.115. The maximum absolute atomic E-state index is 11.2. The summed E-state index contributed by atoms with van der Waals surface area (Å²) in [6, 6.07) is 5.77. The van der Waals surface area contributed by atoms with E-state index in [1.165, 1.54) is 6.42 Å². The third-order valence-electron chi connectivity index (χ3n) is 4.14. The van der Waals surface area contributed by atoms with Crippen LogP contribution in [0.1, 0.15) is 12.8 Å². The fourth-order valence-electron chi connectivity index (χ4n) is 3.03. The molecule has 3 rings (SSSR count). The zero-order valence-electron chi connectivity index (χ0n) is 12.0. The Morgan fingerprint density at radius 1 is 1.38 bits per heavy atom. The summed E-state index contributed by atoms with van der Waals surface area (Å²) in [4.78, 5) is 17.1. The van der Waals surface area contributed by atoms with E-state index >= 15 is 0 Å². The first-order chi connectivity index (χ1) is 10.2. The van der Waals surface area contributed by atoms with Crippen molar-refractivity contribution in [2.24, 2.45) is 0 Å². The number of rotatable bonds is 3. The molecule has 2 aromatic rings. The SMILES string of the molecule is CNC1CCCN(c2ccc([N+](=O)[O-])c3cnccc23)C1. The van der Waals surface area contributed by atoms with E-state index in [2.05, 4.69) is 15.2 Å². The van der Waals surface area contributed by atoms with E-state index in [4.69, 9.17) is 0 Å². The minimum Gasteiger partial charge on any atom is -0.369 e. The monoisotopic (exact) mass is 286 g/mol. The van der Waals surface area contributed by atoms with Crippen molar-refractivity contribution in [1.82, 2.24) is 10.3 Å². The topological polar surface area (TPSA) is 71.3 Å². The molecule has 0 amide bonds. The minimum atomic E-state index is -0.347. The Hall–Kier alpha value is -2.21. The second-order valence-electron chi connectivity index (χ2n) is 5.36. The van der Waals surface area contributed by atoms with Crippen molar-refractivity contribution in [3.05, 3.63) is 40.7 Å². The summed E-state index contributed by atoms with van der Waals surface area (Å²) in [7, 11) is 1.98. The quantitative estimate of drug-likeness (QED) is 0.692. The van der Waals surface area contributed by atoms with Crippen molar-refractivity contribution in [3.8, 4) is 0 Å². The van der Waals surface area contributed by atoms with E-state index in [9.17, 15) is 10.1 Å². The fourth-order valence-corrected chi connectivity index (χ4v) is 3.03. The van der Waals surface area contributed by atoms with Crippen LogP contribution in [0.4, 0.5) is 11.4 Å². The molecule has 6 nitrogen and oxygen atoms in total. The number of fused-ring (bicyclic) bond motifs is 1. The molecule has 0 saturated carbocycles. The normalized spacial score (nSPS) is 18.9. The number of nitrogens with one attached hydrogen (secondary N) is 1. The van der Waals surface area contributed by atoms with Gasteiger partial charge in [-0.2, -0.15) is 0 Å². The van der Waals surface area contributed by atoms with Gasteiger partial charge >= 0.3 is 0 Å². The third-order valence-corrected chi connectivity index (χ3v) is 4.14. The van der Waals surface area contributed by atoms with Crippen LogP contribution in [-0.4, -0.2) is 36.1 Å². The lowest BCUT2D eigenvalue weighted by Gasteiger charge is -2.34. The van der Waals surface area contributed by atoms with Gasteiger partial charge in [0.25, 0.3) is 5.69 Å². The number of hydrogen-bond donors (Lipinski definition) is 1. The van der Waals surface area contributed by atoms with Crippen LogP contribution in [-0.2, 0) is 0 Å². The summed E-state index contributed by atoms with van der Waals surface area (Å²) in [5.74, 6) is 0. The predicted octanol–water partition coefficient (Wildman–Crippen LogP) is 2.33. The van der Waals surface area contributed by atoms with Gasteiger partial charge in [0.2, 0.25) is 0 Å². The molecule has 1 aromatic carbocycles. The molecule has 1 saturated heterocycles. The first-order valence-corrected chi connectivity index (χ1v) is 7.14. The number of nitrogens with zero attached hydrogens (tertiary/aromatic N) is 3. The van der Waals surface area contributed by atoms with Crippen molar-refractivity contribution in [3.63, 3.8) is 0 Å². The van der Waals surface area contributed by atoms with Gasteiger partial charge in [0.1, 0.15) is 0 Å². The summed E-state index contributed by atoms with van der Waals surface area (Å²) in [6.07, 6.45) is 5.56. The van der Waals surface area contributed by atoms with Crippen molar-refractivity contribution in [1.29, 1.82) is 0 Å². The molecule has 21 heavy (non-hydrogen) atoms. The average molecular weight is 286 g/mol. The molecule has 1 aliphatic heterocycles. The summed E-state index contributed by atoms with van der Waals surface area (Å²) in [6.45, 7) is 1.90. The largest absolute Gasteiger partial charge is 0.369 e. The van der Waals surface area contributed by atoms with E-state index in [1.807, 2.05) is 19.2 Å². The van der Waals surface area contributed by atoms with E-state index in [-0.39, 0.29) is 10.6 Å². The van der Waals surface area contributed by atoms with Gasteiger partial charge in [-0.15, -0.1) is 0 Å². The van der Waals surface area contributed by atoms with Crippen LogP contribution in [0.15, 0.2) is 30.6 Å². The summed E-state index contributed by atoms with van der Waals surface area (Å²) < 4.78 is 0. The van der Waals surface area contributed by atoms with Gasteiger partial charge in [-0.3, -0.25) is 15.1 Å². The Balaban J connectivity index is 2.07. The van der Waals surface area contributed by atoms with Crippen LogP contribution in [0, 0.1) is 10.1 Å². The molecule has 1 aliphatic rings. The second-order valence-corrected chi connectivity index (χ2v) is 5.36. The molecule has 0 spiro atoms. The van der Waals surface area contributed by atoms with Crippen molar-refractivity contribution in [2.75, 3.05) is 25.0 Å². The highest BCUT2D eigenvalue weighted by Gasteiger charge is 2.22. The molecule has 1 N–H and O–H groups in total. The van der Waals surface area contributed by atoms with Gasteiger partial charge in [-0.05, 0) is 32.0 Å². The first kappa shape index (κ1) is 13.8. The number of benzene rings is 1. The number of likely N-dealkylation sites (N-methyl/N-ethyl adjacent to an activating group) is 1. The molecular formula is C15H18N4O2. The average Bonchev–Trinajstić information content (AvgIpc) is 2.53. The smallest absolute Gasteiger partial charge is 0.278 e. The molecule has 1 aromatic heterocycles. The Kier molecular flexibility index (Phi) is 3.70. The lowest BCUT2D eigenvalue weighted by molar-refractivity contribution is -0.383. The summed E-state index contributed by atoms with van der Waals surface area (Å²) >= 11 is 0. The van der Waals surface area contributed by atoms with Crippen LogP contribution in [0.25, 0.3) is 10.8 Å². The highest BCUT2D eigenvalue weighted by atomic mass is 16.6. The van der Waals surface area contributed by atoms with Crippen LogP contribution >= 0.6 is 0 Å². The fraction of sp³-hybridized carbons (Fsp3) is 0.400. The predicted molar refractivity (Wildman–Crippen MR) is 82.7 cm³/mol. The van der Waals surface area contributed by atoms with Gasteiger partial charge < -0.3 is 10.2 Å². The number of nitro benzene ring substituents is 1. The number of pyridine rings is 1. The molecule has 110 valence electrons. The lowest BCUT2D eigenvalue weighted by atomic mass is 10.0. The van der Waals surface area contributed by atoms with Crippen molar-refractivity contribution in [2.45, 2.75) is 18.9 Å². The van der Waals surface area contributed by atoms with E-state index < -0.39 is 0 Å². The van der Waals surface area contributed by atoms with Crippen LogP contribution in [0.2, 0.25) is 0 Å². The number of hydrogen-bond acceptors (Lipinski definition) is 5. The highest BCUT2D eigenvalue weighted by molar-refractivity contribution is 5.99. The molecule has 0 bridgehead atoms. The molecule has 1 atom stereocenters. The van der Waals surface area contributed by atoms with E-state index in [1.54, 1.807) is 18.5 Å². The van der Waals surface area contributed by atoms with Gasteiger partial charge in [0.15, 0.2) is 0 Å². The van der Waals surface area contributed by atoms with Gasteiger partial charge in [-0.1, -0.05) is 0 Å². The second kappa shape index (κ2) is 5.65. The zero-order valence-corrected chi connectivity index (χ0v) is 12.0. The van der Waals surface area contributed by atoms with Crippen LogP contribution < -0.4 is 10.2 Å². The molecule has 0 aliphatic carbocycles. The number of piperidine rings is 1. The Labute approximate surface area is 122 Å². The third kappa shape index (κ3) is 2.54.